The van der Waals surface area contributed by atoms with Gasteiger partial charge in [-0.05, 0) is 43.9 Å². The van der Waals surface area contributed by atoms with Crippen molar-refractivity contribution in [2.24, 2.45) is 0 Å². The maximum Gasteiger partial charge on any atom is 0.245 e. The first-order valence-electron chi connectivity index (χ1n) is 6.66. The Bertz CT molecular complexity index is 621. The number of rotatable bonds is 2. The molecule has 2 heterocycles. The summed E-state index contributed by atoms with van der Waals surface area (Å²) < 4.78 is 27.2. The van der Waals surface area contributed by atoms with Gasteiger partial charge >= 0.3 is 0 Å². The van der Waals surface area contributed by atoms with E-state index in [2.05, 4.69) is 0 Å². The average molecular weight is 317 g/mol. The Kier molecular flexibility index (Phi) is 3.44. The van der Waals surface area contributed by atoms with Crippen LogP contribution in [0.5, 0.6) is 0 Å². The minimum Gasteiger partial charge on any atom is -0.398 e. The maximum atomic E-state index is 12.8. The smallest absolute Gasteiger partial charge is 0.245 e. The average Bonchev–Trinajstić information content (AvgIpc) is 2.66. The lowest BCUT2D eigenvalue weighted by Gasteiger charge is -2.36. The van der Waals surface area contributed by atoms with Crippen LogP contribution in [0.4, 0.5) is 5.69 Å². The Morgan fingerprint density at radius 2 is 1.85 bits per heavy atom. The molecule has 2 fully saturated rings. The van der Waals surface area contributed by atoms with E-state index in [1.54, 1.807) is 6.07 Å². The zero-order valence-corrected chi connectivity index (χ0v) is 12.4. The number of nitrogens with two attached hydrogens (primary N) is 1. The number of anilines is 1. The fraction of sp³-hybridized carbons (Fsp3) is 0.538. The third-order valence-electron chi connectivity index (χ3n) is 4.17. The van der Waals surface area contributed by atoms with Gasteiger partial charge in [-0.3, -0.25) is 0 Å². The number of hydrogen-bond donors (Lipinski definition) is 2. The molecule has 110 valence electrons. The summed E-state index contributed by atoms with van der Waals surface area (Å²) in [5.74, 6) is 0. The van der Waals surface area contributed by atoms with E-state index in [-0.39, 0.29) is 22.7 Å². The van der Waals surface area contributed by atoms with E-state index in [1.807, 2.05) is 0 Å². The number of hydrogen-bond acceptors (Lipinski definition) is 4. The third kappa shape index (κ3) is 2.20. The number of fused-ring (bicyclic) bond motifs is 2. The van der Waals surface area contributed by atoms with Crippen molar-refractivity contribution < 1.29 is 13.5 Å². The van der Waals surface area contributed by atoms with Crippen molar-refractivity contribution in [1.82, 2.24) is 4.31 Å². The summed E-state index contributed by atoms with van der Waals surface area (Å²) in [5.41, 5.74) is 6.02. The zero-order chi connectivity index (χ0) is 14.5. The van der Waals surface area contributed by atoms with Gasteiger partial charge in [-0.15, -0.1) is 0 Å². The molecule has 0 spiro atoms. The minimum absolute atomic E-state index is 0.0679. The van der Waals surface area contributed by atoms with Gasteiger partial charge in [0.15, 0.2) is 0 Å². The number of benzene rings is 1. The SMILES string of the molecule is Nc1ccc(Cl)cc1S(=O)(=O)N1C2CCC1CC(O)C2. The van der Waals surface area contributed by atoms with Crippen molar-refractivity contribution in [2.45, 2.75) is 48.8 Å². The van der Waals surface area contributed by atoms with E-state index in [4.69, 9.17) is 17.3 Å². The molecule has 2 saturated heterocycles. The first-order valence-corrected chi connectivity index (χ1v) is 8.48. The van der Waals surface area contributed by atoms with Gasteiger partial charge in [-0.1, -0.05) is 11.6 Å². The molecule has 2 aliphatic rings. The van der Waals surface area contributed by atoms with Crippen LogP contribution in [0.15, 0.2) is 23.1 Å². The quantitative estimate of drug-likeness (QED) is 0.812. The van der Waals surface area contributed by atoms with Crippen LogP contribution in [0.25, 0.3) is 0 Å². The van der Waals surface area contributed by atoms with E-state index >= 15 is 0 Å². The van der Waals surface area contributed by atoms with Gasteiger partial charge < -0.3 is 10.8 Å². The van der Waals surface area contributed by atoms with Crippen molar-refractivity contribution in [3.05, 3.63) is 23.2 Å². The van der Waals surface area contributed by atoms with E-state index < -0.39 is 16.1 Å². The molecular formula is C13H17ClN2O3S. The summed E-state index contributed by atoms with van der Waals surface area (Å²) >= 11 is 5.89. The van der Waals surface area contributed by atoms with E-state index in [0.29, 0.717) is 17.9 Å². The Labute approximate surface area is 123 Å². The lowest BCUT2D eigenvalue weighted by molar-refractivity contribution is 0.0769. The Morgan fingerprint density at radius 1 is 1.25 bits per heavy atom. The lowest BCUT2D eigenvalue weighted by Crippen LogP contribution is -2.47. The number of aliphatic hydroxyl groups excluding tert-OH is 1. The van der Waals surface area contributed by atoms with Gasteiger partial charge in [0.05, 0.1) is 11.8 Å². The highest BCUT2D eigenvalue weighted by molar-refractivity contribution is 7.89. The third-order valence-corrected chi connectivity index (χ3v) is 6.47. The van der Waals surface area contributed by atoms with Crippen LogP contribution in [0.1, 0.15) is 25.7 Å². The largest absolute Gasteiger partial charge is 0.398 e. The van der Waals surface area contributed by atoms with Gasteiger partial charge in [0.1, 0.15) is 4.90 Å². The van der Waals surface area contributed by atoms with Gasteiger partial charge in [-0.25, -0.2) is 8.42 Å². The summed E-state index contributed by atoms with van der Waals surface area (Å²) in [7, 11) is -3.66. The molecular weight excluding hydrogens is 300 g/mol. The molecule has 0 amide bonds. The zero-order valence-electron chi connectivity index (χ0n) is 10.9. The number of nitrogens with zero attached hydrogens (tertiary/aromatic N) is 1. The molecule has 3 rings (SSSR count). The molecule has 1 aromatic carbocycles. The molecule has 0 aromatic heterocycles. The normalized spacial score (nSPS) is 30.6. The predicted molar refractivity (Wildman–Crippen MR) is 76.9 cm³/mol. The van der Waals surface area contributed by atoms with Crippen LogP contribution in [-0.2, 0) is 10.0 Å². The predicted octanol–water partition coefficient (Wildman–Crippen LogP) is 1.60. The van der Waals surface area contributed by atoms with Gasteiger partial charge in [0.25, 0.3) is 0 Å². The summed E-state index contributed by atoms with van der Waals surface area (Å²) in [6.45, 7) is 0. The van der Waals surface area contributed by atoms with E-state index in [0.717, 1.165) is 12.8 Å². The molecule has 3 N–H and O–H groups in total. The van der Waals surface area contributed by atoms with Crippen molar-refractivity contribution in [2.75, 3.05) is 5.73 Å². The van der Waals surface area contributed by atoms with Gasteiger partial charge in [0, 0.05) is 17.1 Å². The maximum absolute atomic E-state index is 12.8. The summed E-state index contributed by atoms with van der Waals surface area (Å²) in [6.07, 6.45) is 2.17. The van der Waals surface area contributed by atoms with Crippen LogP contribution in [0.3, 0.4) is 0 Å². The number of aliphatic hydroxyl groups is 1. The molecule has 2 bridgehead atoms. The molecule has 0 aliphatic carbocycles. The first kappa shape index (κ1) is 14.1. The molecule has 7 heteroatoms. The second-order valence-electron chi connectivity index (χ2n) is 5.53. The number of sulfonamides is 1. The molecule has 2 unspecified atom stereocenters. The number of piperidine rings is 1. The Balaban J connectivity index is 2.03. The van der Waals surface area contributed by atoms with Gasteiger partial charge in [0.2, 0.25) is 10.0 Å². The molecule has 0 saturated carbocycles. The first-order chi connectivity index (χ1) is 9.39. The lowest BCUT2D eigenvalue weighted by atomic mass is 10.0. The van der Waals surface area contributed by atoms with Gasteiger partial charge in [-0.2, -0.15) is 4.31 Å². The van der Waals surface area contributed by atoms with E-state index in [1.165, 1.54) is 16.4 Å². The molecule has 0 radical (unpaired) electrons. The highest BCUT2D eigenvalue weighted by Crippen LogP contribution is 2.41. The molecule has 20 heavy (non-hydrogen) atoms. The highest BCUT2D eigenvalue weighted by Gasteiger charge is 2.47. The molecule has 5 nitrogen and oxygen atoms in total. The summed E-state index contributed by atoms with van der Waals surface area (Å²) in [6, 6.07) is 4.22. The van der Waals surface area contributed by atoms with Crippen molar-refractivity contribution >= 4 is 27.3 Å². The monoisotopic (exact) mass is 316 g/mol. The fourth-order valence-corrected chi connectivity index (χ4v) is 5.62. The second kappa shape index (κ2) is 4.87. The van der Waals surface area contributed by atoms with Crippen LogP contribution < -0.4 is 5.73 Å². The van der Waals surface area contributed by atoms with Crippen molar-refractivity contribution in [1.29, 1.82) is 0 Å². The summed E-state index contributed by atoms with van der Waals surface area (Å²) in [4.78, 5) is 0.0679. The Morgan fingerprint density at radius 3 is 2.45 bits per heavy atom. The van der Waals surface area contributed by atoms with Crippen LogP contribution >= 0.6 is 11.6 Å². The number of halogens is 1. The molecule has 2 aliphatic heterocycles. The summed E-state index contributed by atoms with van der Waals surface area (Å²) in [5, 5.41) is 10.1. The van der Waals surface area contributed by atoms with Crippen LogP contribution in [0, 0.1) is 0 Å². The van der Waals surface area contributed by atoms with Crippen molar-refractivity contribution in [3.8, 4) is 0 Å². The Hall–Kier alpha value is -0.820. The minimum atomic E-state index is -3.66. The topological polar surface area (TPSA) is 83.6 Å². The standard InChI is InChI=1S/C13H17ClN2O3S/c14-8-1-4-12(15)13(5-8)20(18,19)16-9-2-3-10(16)7-11(17)6-9/h1,4-5,9-11,17H,2-3,6-7,15H2. The van der Waals surface area contributed by atoms with Crippen LogP contribution in [0.2, 0.25) is 5.02 Å². The van der Waals surface area contributed by atoms with E-state index in [9.17, 15) is 13.5 Å². The second-order valence-corrected chi connectivity index (χ2v) is 7.78. The fourth-order valence-electron chi connectivity index (χ4n) is 3.34. The van der Waals surface area contributed by atoms with Crippen LogP contribution in [-0.4, -0.2) is 36.0 Å². The highest BCUT2D eigenvalue weighted by atomic mass is 35.5. The number of nitrogen functional groups attached to an aromatic ring is 1. The molecule has 1 aromatic rings. The van der Waals surface area contributed by atoms with Crippen molar-refractivity contribution in [3.63, 3.8) is 0 Å². The molecule has 2 atom stereocenters.